The number of rotatable bonds is 5. The van der Waals surface area contributed by atoms with Crippen molar-refractivity contribution in [3.8, 4) is 50.8 Å². The smallest absolute Gasteiger partial charge is 0.160 e. The molecule has 0 saturated heterocycles. The SMILES string of the molecule is c1ccc(-c2nc(-c3ccc4nc(-c5ccccc5)c5ccc6oc7ccccc7c6c5c4c3)cc(-c3ccc4c(c3)c3ccccc3n4-c3ccccc3)n2)cc1. The first-order chi connectivity index (χ1) is 28.7. The third-order valence-electron chi connectivity index (χ3n) is 11.4. The minimum atomic E-state index is 0.672. The number of benzene rings is 8. The molecule has 0 amide bonds. The van der Waals surface area contributed by atoms with Crippen molar-refractivity contribution in [1.29, 1.82) is 0 Å². The zero-order valence-corrected chi connectivity index (χ0v) is 31.2. The number of aromatic nitrogens is 4. The van der Waals surface area contributed by atoms with Crippen LogP contribution in [-0.4, -0.2) is 19.5 Å². The van der Waals surface area contributed by atoms with E-state index in [1.807, 2.05) is 36.4 Å². The summed E-state index contributed by atoms with van der Waals surface area (Å²) in [5.41, 5.74) is 12.7. The van der Waals surface area contributed by atoms with Crippen molar-refractivity contribution in [1.82, 2.24) is 19.5 Å². The van der Waals surface area contributed by atoms with E-state index in [1.165, 1.54) is 16.3 Å². The van der Waals surface area contributed by atoms with E-state index < -0.39 is 0 Å². The molecule has 0 unspecified atom stereocenters. The molecule has 0 spiro atoms. The maximum absolute atomic E-state index is 6.44. The first kappa shape index (κ1) is 32.4. The highest BCUT2D eigenvalue weighted by Gasteiger charge is 2.20. The monoisotopic (exact) mass is 740 g/mol. The molecular weight excluding hydrogens is 709 g/mol. The average Bonchev–Trinajstić information content (AvgIpc) is 3.85. The Morgan fingerprint density at radius 1 is 0.362 bits per heavy atom. The lowest BCUT2D eigenvalue weighted by Gasteiger charge is -2.13. The maximum atomic E-state index is 6.44. The standard InChI is InChI=1S/C53H32N4O/c1-4-14-33(15-5-1)52-40-26-29-49-51(39-21-11-13-23-48(39)58-49)50(40)42-31-35(24-27-43(42)54-52)44-32-45(56-53(55-44)34-16-6-2-7-17-34)36-25-28-47-41(30-36)38-20-10-12-22-46(38)57(47)37-18-8-3-9-19-37/h1-32H. The van der Waals surface area contributed by atoms with Crippen LogP contribution in [0, 0.1) is 0 Å². The lowest BCUT2D eigenvalue weighted by Crippen LogP contribution is -1.97. The molecule has 12 rings (SSSR count). The normalized spacial score (nSPS) is 11.8. The molecule has 0 radical (unpaired) electrons. The molecule has 0 bridgehead atoms. The number of hydrogen-bond donors (Lipinski definition) is 0. The minimum Gasteiger partial charge on any atom is -0.456 e. The molecule has 5 nitrogen and oxygen atoms in total. The Morgan fingerprint density at radius 3 is 1.76 bits per heavy atom. The van der Waals surface area contributed by atoms with Gasteiger partial charge in [-0.15, -0.1) is 0 Å². The van der Waals surface area contributed by atoms with Crippen LogP contribution < -0.4 is 0 Å². The largest absolute Gasteiger partial charge is 0.456 e. The van der Waals surface area contributed by atoms with Gasteiger partial charge in [0.05, 0.1) is 33.6 Å². The molecular formula is C53H32N4O. The van der Waals surface area contributed by atoms with Gasteiger partial charge in [-0.25, -0.2) is 15.0 Å². The molecule has 0 aliphatic rings. The predicted molar refractivity (Wildman–Crippen MR) is 238 cm³/mol. The van der Waals surface area contributed by atoms with E-state index in [1.54, 1.807) is 0 Å². The van der Waals surface area contributed by atoms with E-state index in [2.05, 4.69) is 162 Å². The Bertz CT molecular complexity index is 3550. The number of para-hydroxylation sites is 3. The van der Waals surface area contributed by atoms with Crippen molar-refractivity contribution < 1.29 is 4.42 Å². The van der Waals surface area contributed by atoms with E-state index in [4.69, 9.17) is 19.4 Å². The maximum Gasteiger partial charge on any atom is 0.160 e. The number of nitrogens with zero attached hydrogens (tertiary/aromatic N) is 4. The van der Waals surface area contributed by atoms with Gasteiger partial charge >= 0.3 is 0 Å². The Balaban J connectivity index is 1.11. The fourth-order valence-corrected chi connectivity index (χ4v) is 8.73. The van der Waals surface area contributed by atoms with Crippen LogP contribution in [-0.2, 0) is 0 Å². The third kappa shape index (κ3) is 5.07. The fourth-order valence-electron chi connectivity index (χ4n) is 8.73. The molecule has 5 heteroatoms. The predicted octanol–water partition coefficient (Wildman–Crippen LogP) is 13.8. The molecule has 4 aromatic heterocycles. The summed E-state index contributed by atoms with van der Waals surface area (Å²) in [5, 5.41) is 7.78. The minimum absolute atomic E-state index is 0.672. The summed E-state index contributed by atoms with van der Waals surface area (Å²) in [5.74, 6) is 0.672. The van der Waals surface area contributed by atoms with E-state index in [-0.39, 0.29) is 0 Å². The van der Waals surface area contributed by atoms with E-state index in [0.717, 1.165) is 94.2 Å². The summed E-state index contributed by atoms with van der Waals surface area (Å²) in [6.45, 7) is 0. The van der Waals surface area contributed by atoms with Crippen LogP contribution >= 0.6 is 0 Å². The third-order valence-corrected chi connectivity index (χ3v) is 11.4. The van der Waals surface area contributed by atoms with Gasteiger partial charge in [-0.05, 0) is 66.7 Å². The summed E-state index contributed by atoms with van der Waals surface area (Å²) < 4.78 is 8.78. The second kappa shape index (κ2) is 12.8. The number of pyridine rings is 1. The highest BCUT2D eigenvalue weighted by molar-refractivity contribution is 6.28. The Labute approximate surface area is 333 Å². The molecule has 0 aliphatic heterocycles. The highest BCUT2D eigenvalue weighted by Crippen LogP contribution is 2.43. The molecule has 12 aromatic rings. The van der Waals surface area contributed by atoms with Gasteiger partial charge in [-0.1, -0.05) is 127 Å². The lowest BCUT2D eigenvalue weighted by atomic mass is 9.95. The van der Waals surface area contributed by atoms with E-state index in [9.17, 15) is 0 Å². The zero-order valence-electron chi connectivity index (χ0n) is 31.2. The van der Waals surface area contributed by atoms with Crippen molar-refractivity contribution in [2.45, 2.75) is 0 Å². The molecule has 270 valence electrons. The molecule has 8 aromatic carbocycles. The Kier molecular flexibility index (Phi) is 7.16. The number of hydrogen-bond acceptors (Lipinski definition) is 4. The van der Waals surface area contributed by atoms with Crippen molar-refractivity contribution in [3.63, 3.8) is 0 Å². The van der Waals surface area contributed by atoms with Crippen LogP contribution in [0.15, 0.2) is 199 Å². The van der Waals surface area contributed by atoms with Crippen LogP contribution in [0.5, 0.6) is 0 Å². The van der Waals surface area contributed by atoms with Crippen LogP contribution in [0.4, 0.5) is 0 Å². The molecule has 0 fully saturated rings. The Morgan fingerprint density at radius 2 is 0.983 bits per heavy atom. The van der Waals surface area contributed by atoms with Gasteiger partial charge in [0.15, 0.2) is 5.82 Å². The van der Waals surface area contributed by atoms with Crippen molar-refractivity contribution >= 4 is 65.4 Å². The van der Waals surface area contributed by atoms with Crippen molar-refractivity contribution in [2.24, 2.45) is 0 Å². The molecule has 4 heterocycles. The lowest BCUT2D eigenvalue weighted by molar-refractivity contribution is 0.669. The topological polar surface area (TPSA) is 56.7 Å². The van der Waals surface area contributed by atoms with Crippen LogP contribution in [0.25, 0.3) is 116 Å². The van der Waals surface area contributed by atoms with Crippen molar-refractivity contribution in [3.05, 3.63) is 194 Å². The van der Waals surface area contributed by atoms with Gasteiger partial charge < -0.3 is 8.98 Å². The highest BCUT2D eigenvalue weighted by atomic mass is 16.3. The number of furan rings is 1. The summed E-state index contributed by atoms with van der Waals surface area (Å²) >= 11 is 0. The second-order valence-electron chi connectivity index (χ2n) is 14.8. The molecule has 0 N–H and O–H groups in total. The zero-order chi connectivity index (χ0) is 38.2. The first-order valence-corrected chi connectivity index (χ1v) is 19.5. The second-order valence-corrected chi connectivity index (χ2v) is 14.8. The Hall–Kier alpha value is -7.89. The van der Waals surface area contributed by atoms with Gasteiger partial charge in [0.2, 0.25) is 0 Å². The van der Waals surface area contributed by atoms with E-state index in [0.29, 0.717) is 5.82 Å². The quantitative estimate of drug-likeness (QED) is 0.165. The van der Waals surface area contributed by atoms with Gasteiger partial charge in [0.25, 0.3) is 0 Å². The van der Waals surface area contributed by atoms with Crippen LogP contribution in [0.1, 0.15) is 0 Å². The van der Waals surface area contributed by atoms with Gasteiger partial charge in [0, 0.05) is 65.6 Å². The summed E-state index contributed by atoms with van der Waals surface area (Å²) in [7, 11) is 0. The van der Waals surface area contributed by atoms with Crippen LogP contribution in [0.2, 0.25) is 0 Å². The molecule has 0 aliphatic carbocycles. The average molecular weight is 741 g/mol. The molecule has 0 atom stereocenters. The first-order valence-electron chi connectivity index (χ1n) is 19.5. The van der Waals surface area contributed by atoms with Gasteiger partial charge in [0.1, 0.15) is 11.2 Å². The molecule has 0 saturated carbocycles. The number of fused-ring (bicyclic) bond motifs is 10. The van der Waals surface area contributed by atoms with Crippen molar-refractivity contribution in [2.75, 3.05) is 0 Å². The van der Waals surface area contributed by atoms with Crippen LogP contribution in [0.3, 0.4) is 0 Å². The van der Waals surface area contributed by atoms with Gasteiger partial charge in [-0.3, -0.25) is 0 Å². The van der Waals surface area contributed by atoms with Gasteiger partial charge in [-0.2, -0.15) is 0 Å². The fraction of sp³-hybridized carbons (Fsp3) is 0. The summed E-state index contributed by atoms with van der Waals surface area (Å²) in [4.78, 5) is 15.8. The summed E-state index contributed by atoms with van der Waals surface area (Å²) in [6.07, 6.45) is 0. The molecule has 58 heavy (non-hydrogen) atoms. The van der Waals surface area contributed by atoms with E-state index >= 15 is 0 Å². The summed E-state index contributed by atoms with van der Waals surface area (Å²) in [6, 6.07) is 67.7.